The van der Waals surface area contributed by atoms with E-state index in [0.29, 0.717) is 18.3 Å². The van der Waals surface area contributed by atoms with Crippen LogP contribution in [0.25, 0.3) is 0 Å². The highest BCUT2D eigenvalue weighted by Gasteiger charge is 2.43. The zero-order valence-electron chi connectivity index (χ0n) is 27.8. The van der Waals surface area contributed by atoms with Crippen LogP contribution in [0.3, 0.4) is 0 Å². The van der Waals surface area contributed by atoms with E-state index in [1.165, 1.54) is 31.2 Å². The molecule has 0 saturated carbocycles. The van der Waals surface area contributed by atoms with Crippen molar-refractivity contribution in [3.8, 4) is 0 Å². The number of aliphatic hydroxyl groups is 1. The van der Waals surface area contributed by atoms with Crippen LogP contribution in [-0.4, -0.2) is 117 Å². The smallest absolute Gasteiger partial charge is 0.336 e. The maximum Gasteiger partial charge on any atom is 0.336 e. The number of nitrogens with zero attached hydrogens (tertiary/aromatic N) is 3. The van der Waals surface area contributed by atoms with E-state index < -0.39 is 42.4 Å². The van der Waals surface area contributed by atoms with Crippen molar-refractivity contribution in [3.05, 3.63) is 65.2 Å². The molecule has 5 N–H and O–H groups in total. The minimum atomic E-state index is -2.74. The number of carbonyl (C=O) groups excluding carboxylic acids is 2. The van der Waals surface area contributed by atoms with Crippen LogP contribution in [0.15, 0.2) is 48.5 Å². The molecule has 3 heterocycles. The highest BCUT2D eigenvalue weighted by molar-refractivity contribution is 6.03. The molecule has 3 aliphatic heterocycles. The molecule has 2 fully saturated rings. The number of hydrogen-bond acceptors (Lipinski definition) is 8. The lowest BCUT2D eigenvalue weighted by Gasteiger charge is -2.40. The van der Waals surface area contributed by atoms with Crippen molar-refractivity contribution in [2.45, 2.75) is 80.9 Å². The molecule has 2 aromatic carbocycles. The monoisotopic (exact) mass is 678 g/mol. The Hall–Kier alpha value is -4.33. The minimum Gasteiger partial charge on any atom is -0.481 e. The molecule has 264 valence electrons. The number of carbonyl (C=O) groups is 5. The summed E-state index contributed by atoms with van der Waals surface area (Å²) in [6, 6.07) is 16.7. The van der Waals surface area contributed by atoms with Crippen LogP contribution in [0.2, 0.25) is 0 Å². The van der Waals surface area contributed by atoms with Crippen molar-refractivity contribution < 1.29 is 44.4 Å². The summed E-state index contributed by atoms with van der Waals surface area (Å²) in [4.78, 5) is 63.9. The molecule has 0 bridgehead atoms. The Balaban J connectivity index is 0.000000308. The number of aryl methyl sites for hydroxylation is 1. The number of nitrogens with one attached hydrogen (secondary N) is 1. The van der Waals surface area contributed by atoms with Crippen molar-refractivity contribution in [2.75, 3.05) is 44.7 Å². The summed E-state index contributed by atoms with van der Waals surface area (Å²) in [6.07, 6.45) is 4.54. The molecule has 0 unspecified atom stereocenters. The third-order valence-electron chi connectivity index (χ3n) is 10.5. The minimum absolute atomic E-state index is 0.0142. The first-order valence-electron chi connectivity index (χ1n) is 16.9. The van der Waals surface area contributed by atoms with Gasteiger partial charge in [0.25, 0.3) is 0 Å². The first kappa shape index (κ1) is 36.0. The van der Waals surface area contributed by atoms with Crippen molar-refractivity contribution in [2.24, 2.45) is 0 Å². The van der Waals surface area contributed by atoms with Gasteiger partial charge < -0.3 is 35.5 Å². The third-order valence-corrected chi connectivity index (χ3v) is 10.5. The number of piperidine rings is 1. The van der Waals surface area contributed by atoms with Gasteiger partial charge in [-0.25, -0.2) is 4.79 Å². The number of rotatable bonds is 10. The number of fused-ring (bicyclic) bond motifs is 3. The fraction of sp³-hybridized carbons (Fsp3) is 0.528. The first-order valence-corrected chi connectivity index (χ1v) is 16.9. The van der Waals surface area contributed by atoms with Gasteiger partial charge in [0.2, 0.25) is 11.8 Å². The van der Waals surface area contributed by atoms with Gasteiger partial charge in [-0.05, 0) is 87.0 Å². The maximum atomic E-state index is 13.6. The molecule has 1 aliphatic carbocycles. The van der Waals surface area contributed by atoms with Crippen molar-refractivity contribution in [3.63, 3.8) is 0 Å². The van der Waals surface area contributed by atoms with Gasteiger partial charge in [-0.2, -0.15) is 0 Å². The number of likely N-dealkylation sites (N-methyl/N-ethyl adjacent to an activating group) is 1. The van der Waals surface area contributed by atoms with Gasteiger partial charge in [0.1, 0.15) is 6.04 Å². The summed E-state index contributed by atoms with van der Waals surface area (Å²) in [5.74, 6) is -4.97. The molecule has 49 heavy (non-hydrogen) atoms. The topological polar surface area (TPSA) is 188 Å². The fourth-order valence-electron chi connectivity index (χ4n) is 7.83. The zero-order chi connectivity index (χ0) is 35.3. The van der Waals surface area contributed by atoms with Crippen LogP contribution in [0.5, 0.6) is 0 Å². The predicted molar refractivity (Wildman–Crippen MR) is 179 cm³/mol. The summed E-state index contributed by atoms with van der Waals surface area (Å²) in [6.45, 7) is 4.72. The second-order valence-corrected chi connectivity index (χ2v) is 13.9. The van der Waals surface area contributed by atoms with Crippen LogP contribution in [-0.2, 0) is 42.2 Å². The van der Waals surface area contributed by atoms with E-state index in [-0.39, 0.29) is 17.9 Å². The molecule has 6 rings (SSSR count). The Kier molecular flexibility index (Phi) is 11.1. The zero-order valence-corrected chi connectivity index (χ0v) is 27.8. The number of benzene rings is 2. The SMILES string of the molecule is CN1CC[C@@H](NC(=O)[C@@H]2Cc3ccccc3N2C(=O)CCN2CCC3(CCc4ccccc43)CC2)C1.O=C(O)CC(O)(CC(=O)O)C(=O)O. The number of carboxylic acid groups (broad SMARTS) is 3. The maximum absolute atomic E-state index is 13.6. The van der Waals surface area contributed by atoms with Gasteiger partial charge in [0, 0.05) is 37.7 Å². The van der Waals surface area contributed by atoms with Gasteiger partial charge in [0.05, 0.1) is 12.8 Å². The first-order chi connectivity index (χ1) is 23.3. The highest BCUT2D eigenvalue weighted by Crippen LogP contribution is 2.46. The summed E-state index contributed by atoms with van der Waals surface area (Å²) in [5, 5.41) is 37.0. The van der Waals surface area contributed by atoms with E-state index in [9.17, 15) is 24.0 Å². The third kappa shape index (κ3) is 8.28. The van der Waals surface area contributed by atoms with Crippen LogP contribution < -0.4 is 10.2 Å². The second-order valence-electron chi connectivity index (χ2n) is 13.9. The molecular formula is C36H46N4O9. The average Bonchev–Trinajstić information content (AvgIpc) is 3.75. The molecule has 2 atom stereocenters. The Morgan fingerprint density at radius 1 is 0.878 bits per heavy atom. The van der Waals surface area contributed by atoms with Gasteiger partial charge in [-0.15, -0.1) is 0 Å². The number of likely N-dealkylation sites (tertiary alicyclic amines) is 2. The van der Waals surface area contributed by atoms with E-state index >= 15 is 0 Å². The van der Waals surface area contributed by atoms with Crippen molar-refractivity contribution in [1.29, 1.82) is 0 Å². The molecule has 1 spiro atoms. The lowest BCUT2D eigenvalue weighted by atomic mass is 9.74. The number of hydrogen-bond donors (Lipinski definition) is 5. The van der Waals surface area contributed by atoms with Gasteiger partial charge in [0.15, 0.2) is 5.60 Å². The molecular weight excluding hydrogens is 632 g/mol. The molecule has 4 aliphatic rings. The Morgan fingerprint density at radius 2 is 1.51 bits per heavy atom. The summed E-state index contributed by atoms with van der Waals surface area (Å²) < 4.78 is 0. The van der Waals surface area contributed by atoms with Gasteiger partial charge in [-0.1, -0.05) is 42.5 Å². The van der Waals surface area contributed by atoms with Crippen LogP contribution in [0.4, 0.5) is 5.69 Å². The van der Waals surface area contributed by atoms with Gasteiger partial charge in [-0.3, -0.25) is 24.1 Å². The second kappa shape index (κ2) is 15.1. The van der Waals surface area contributed by atoms with E-state index in [1.54, 1.807) is 10.5 Å². The van der Waals surface area contributed by atoms with Crippen LogP contribution >= 0.6 is 0 Å². The standard InChI is InChI=1S/C30H38N4O2.C6H8O7/c1-32-16-11-24(21-32)31-29(36)27-20-23-7-3-5-9-26(23)34(27)28(35)12-17-33-18-14-30(15-19-33)13-10-22-6-2-4-8-25(22)30;7-3(8)1-6(13,5(11)12)2-4(9)10/h2-9,24,27H,10-21H2,1H3,(H,31,36);13H,1-2H2,(H,7,8)(H,9,10)(H,11,12)/t24-,27+;/m1./s1. The lowest BCUT2D eigenvalue weighted by Crippen LogP contribution is -2.51. The van der Waals surface area contributed by atoms with E-state index in [2.05, 4.69) is 52.5 Å². The summed E-state index contributed by atoms with van der Waals surface area (Å²) in [7, 11) is 2.08. The van der Waals surface area contributed by atoms with E-state index in [1.807, 2.05) is 18.2 Å². The Labute approximate surface area is 285 Å². The van der Waals surface area contributed by atoms with E-state index in [4.69, 9.17) is 20.4 Å². The number of amides is 2. The molecule has 2 saturated heterocycles. The van der Waals surface area contributed by atoms with Crippen LogP contribution in [0.1, 0.15) is 61.6 Å². The molecule has 2 amide bonds. The summed E-state index contributed by atoms with van der Waals surface area (Å²) in [5.41, 5.74) is 2.69. The number of aliphatic carboxylic acids is 3. The fourth-order valence-corrected chi connectivity index (χ4v) is 7.83. The number of carboxylic acids is 3. The Bertz CT molecular complexity index is 1550. The van der Waals surface area contributed by atoms with Crippen molar-refractivity contribution in [1.82, 2.24) is 15.1 Å². The number of anilines is 1. The normalized spacial score (nSPS) is 21.4. The highest BCUT2D eigenvalue weighted by atomic mass is 16.4. The van der Waals surface area contributed by atoms with Crippen molar-refractivity contribution >= 4 is 35.4 Å². The van der Waals surface area contributed by atoms with Crippen LogP contribution in [0, 0.1) is 0 Å². The van der Waals surface area contributed by atoms with E-state index in [0.717, 1.165) is 50.4 Å². The molecule has 13 heteroatoms. The molecule has 2 aromatic rings. The summed E-state index contributed by atoms with van der Waals surface area (Å²) >= 11 is 0. The molecule has 0 aromatic heterocycles. The molecule has 0 radical (unpaired) electrons. The van der Waals surface area contributed by atoms with Gasteiger partial charge >= 0.3 is 17.9 Å². The predicted octanol–water partition coefficient (Wildman–Crippen LogP) is 1.89. The quantitative estimate of drug-likeness (QED) is 0.247. The lowest BCUT2D eigenvalue weighted by molar-refractivity contribution is -0.170. The number of para-hydroxylation sites is 1. The molecule has 13 nitrogen and oxygen atoms in total. The Morgan fingerprint density at radius 3 is 2.12 bits per heavy atom. The largest absolute Gasteiger partial charge is 0.481 e. The average molecular weight is 679 g/mol.